The molecule has 0 unspecified atom stereocenters. The Labute approximate surface area is 353 Å². The number of benzene rings is 2. The summed E-state index contributed by atoms with van der Waals surface area (Å²) in [6.07, 6.45) is 11.7. The van der Waals surface area contributed by atoms with E-state index in [1.54, 1.807) is 33.0 Å². The molecule has 12 nitrogen and oxygen atoms in total. The monoisotopic (exact) mass is 813 g/mol. The minimum Gasteiger partial charge on any atom is -0.445 e. The van der Waals surface area contributed by atoms with Gasteiger partial charge in [0.1, 0.15) is 30.7 Å². The number of amides is 3. The number of nitrogens with zero attached hydrogens (tertiary/aromatic N) is 6. The molecule has 1 saturated heterocycles. The lowest BCUT2D eigenvalue weighted by Crippen LogP contribution is -2.55. The molecular weight excluding hydrogens is 755 g/mol. The first kappa shape index (κ1) is 42.5. The van der Waals surface area contributed by atoms with Gasteiger partial charge in [0.15, 0.2) is 5.78 Å². The van der Waals surface area contributed by atoms with Gasteiger partial charge in [0.05, 0.1) is 5.52 Å². The SMILES string of the molecule is C=CCCC(C)(C)CN(C[C@@]12C[C@@H](C(=O)NC3CC(C)(C)C3)N(C(=O)Cn3nc(C(C)=O)c4cc(-c5cnc(C)nc5)cc(CC=C)c43)[C@@H]1C2)C(=O)OCc1ccccc1. The van der Waals surface area contributed by atoms with E-state index >= 15 is 0 Å². The van der Waals surface area contributed by atoms with Crippen LogP contribution in [-0.4, -0.2) is 84.5 Å². The summed E-state index contributed by atoms with van der Waals surface area (Å²) in [5.41, 5.74) is 3.69. The highest BCUT2D eigenvalue weighted by Crippen LogP contribution is 2.60. The molecule has 0 spiro atoms. The minimum atomic E-state index is -0.731. The van der Waals surface area contributed by atoms with E-state index in [0.717, 1.165) is 47.9 Å². The lowest BCUT2D eigenvalue weighted by atomic mass is 9.68. The Morgan fingerprint density at radius 3 is 2.37 bits per heavy atom. The number of hydrogen-bond donors (Lipinski definition) is 1. The summed E-state index contributed by atoms with van der Waals surface area (Å²) in [5.74, 6) is -0.0218. The fraction of sp³-hybridized carbons (Fsp3) is 0.479. The average Bonchev–Trinajstić information content (AvgIpc) is 3.59. The number of likely N-dealkylation sites (tertiary alicyclic amines) is 1. The van der Waals surface area contributed by atoms with Crippen molar-refractivity contribution in [2.24, 2.45) is 16.2 Å². The molecule has 0 radical (unpaired) electrons. The molecule has 3 atom stereocenters. The van der Waals surface area contributed by atoms with Crippen molar-refractivity contribution in [2.75, 3.05) is 13.1 Å². The highest BCUT2D eigenvalue weighted by atomic mass is 16.6. The lowest BCUT2D eigenvalue weighted by Gasteiger charge is -2.43. The van der Waals surface area contributed by atoms with Crippen molar-refractivity contribution in [1.29, 1.82) is 0 Å². The first-order valence-electron chi connectivity index (χ1n) is 21.1. The van der Waals surface area contributed by atoms with E-state index < -0.39 is 17.6 Å². The first-order chi connectivity index (χ1) is 28.5. The van der Waals surface area contributed by atoms with E-state index in [0.29, 0.717) is 49.1 Å². The zero-order chi connectivity index (χ0) is 43.0. The van der Waals surface area contributed by atoms with E-state index in [-0.39, 0.29) is 59.4 Å². The van der Waals surface area contributed by atoms with Crippen LogP contribution in [0.25, 0.3) is 22.0 Å². The Bertz CT molecular complexity index is 2290. The third-order valence-corrected chi connectivity index (χ3v) is 12.6. The predicted molar refractivity (Wildman–Crippen MR) is 232 cm³/mol. The maximum atomic E-state index is 14.9. The molecule has 1 aliphatic heterocycles. The van der Waals surface area contributed by atoms with Gasteiger partial charge in [-0.2, -0.15) is 5.10 Å². The van der Waals surface area contributed by atoms with Crippen LogP contribution < -0.4 is 5.32 Å². The average molecular weight is 814 g/mol. The molecule has 7 rings (SSSR count). The maximum Gasteiger partial charge on any atom is 0.410 e. The molecule has 4 aromatic rings. The van der Waals surface area contributed by atoms with E-state index in [1.807, 2.05) is 55.5 Å². The third kappa shape index (κ3) is 9.07. The number of nitrogens with one attached hydrogen (secondary N) is 1. The first-order valence-corrected chi connectivity index (χ1v) is 21.1. The van der Waals surface area contributed by atoms with Gasteiger partial charge in [-0.3, -0.25) is 19.1 Å². The summed E-state index contributed by atoms with van der Waals surface area (Å²) in [6, 6.07) is 12.5. The van der Waals surface area contributed by atoms with Gasteiger partial charge < -0.3 is 19.9 Å². The van der Waals surface area contributed by atoms with Gasteiger partial charge in [-0.15, -0.1) is 13.2 Å². The van der Waals surface area contributed by atoms with Gasteiger partial charge >= 0.3 is 6.09 Å². The topological polar surface area (TPSA) is 140 Å². The van der Waals surface area contributed by atoms with Crippen molar-refractivity contribution in [3.8, 4) is 11.1 Å². The number of aromatic nitrogens is 4. The maximum absolute atomic E-state index is 14.9. The molecule has 3 fully saturated rings. The van der Waals surface area contributed by atoms with Crippen LogP contribution >= 0.6 is 0 Å². The van der Waals surface area contributed by atoms with E-state index in [4.69, 9.17) is 9.84 Å². The van der Waals surface area contributed by atoms with E-state index in [2.05, 4.69) is 56.1 Å². The normalized spacial score (nSPS) is 20.5. The Morgan fingerprint density at radius 1 is 1.00 bits per heavy atom. The van der Waals surface area contributed by atoms with Gasteiger partial charge in [0, 0.05) is 60.9 Å². The van der Waals surface area contributed by atoms with Gasteiger partial charge in [-0.05, 0) is 91.5 Å². The summed E-state index contributed by atoms with van der Waals surface area (Å²) < 4.78 is 7.54. The van der Waals surface area contributed by atoms with Gasteiger partial charge in [0.25, 0.3) is 0 Å². The Balaban J connectivity index is 1.20. The number of carbonyl (C=O) groups excluding carboxylic acids is 4. The zero-order valence-corrected chi connectivity index (χ0v) is 36.0. The molecule has 2 aromatic heterocycles. The number of aryl methyl sites for hydroxylation is 1. The van der Waals surface area contributed by atoms with Crippen molar-refractivity contribution in [3.05, 3.63) is 103 Å². The summed E-state index contributed by atoms with van der Waals surface area (Å²) in [4.78, 5) is 68.6. The number of piperidine rings is 1. The van der Waals surface area contributed by atoms with E-state index in [1.165, 1.54) is 6.92 Å². The molecule has 1 N–H and O–H groups in total. The van der Waals surface area contributed by atoms with Crippen molar-refractivity contribution >= 4 is 34.6 Å². The number of rotatable bonds is 17. The van der Waals surface area contributed by atoms with Crippen molar-refractivity contribution < 1.29 is 23.9 Å². The highest BCUT2D eigenvalue weighted by molar-refractivity contribution is 6.07. The second-order valence-corrected chi connectivity index (χ2v) is 18.9. The number of fused-ring (bicyclic) bond motifs is 2. The Hall–Kier alpha value is -5.65. The smallest absolute Gasteiger partial charge is 0.410 e. The predicted octanol–water partition coefficient (Wildman–Crippen LogP) is 8.03. The molecule has 60 heavy (non-hydrogen) atoms. The van der Waals surface area contributed by atoms with Gasteiger partial charge in [0.2, 0.25) is 11.8 Å². The van der Waals surface area contributed by atoms with Crippen LogP contribution in [0.3, 0.4) is 0 Å². The highest BCUT2D eigenvalue weighted by Gasteiger charge is 2.68. The summed E-state index contributed by atoms with van der Waals surface area (Å²) >= 11 is 0. The molecular formula is C48H59N7O5. The number of carbonyl (C=O) groups is 4. The fourth-order valence-electron chi connectivity index (χ4n) is 9.59. The number of Topliss-reactive ketones (excluding diaryl/α,β-unsaturated/α-hetero) is 1. The number of ketones is 1. The lowest BCUT2D eigenvalue weighted by molar-refractivity contribution is -0.141. The second kappa shape index (κ2) is 16.8. The quantitative estimate of drug-likeness (QED) is 0.0836. The Kier molecular flexibility index (Phi) is 11.9. The number of ether oxygens (including phenoxy) is 1. The molecule has 12 heteroatoms. The number of allylic oxidation sites excluding steroid dienone is 2. The molecule has 2 saturated carbocycles. The standard InChI is InChI=1S/C48H59N7O5/c1-9-11-18-46(5,6)29-53(45(59)60-28-33-16-13-12-14-17-33)30-48-23-39(44(58)51-37-21-47(7,8)22-37)55(40(48)24-48)41(57)27-54-43-34(15-10-2)19-35(36-25-49-32(4)50-26-36)20-38(43)42(52-54)31(3)56/h9-10,12-14,16-17,19-20,25-26,37,39-40H,1-2,11,15,18,21-24,27-30H2,3-8H3,(H,51,58)/t39-,40+,48-/m0/s1. The third-order valence-electron chi connectivity index (χ3n) is 12.6. The van der Waals surface area contributed by atoms with Crippen molar-refractivity contribution in [1.82, 2.24) is 34.9 Å². The molecule has 2 aromatic carbocycles. The minimum absolute atomic E-state index is 0.0372. The van der Waals surface area contributed by atoms with Crippen molar-refractivity contribution in [2.45, 2.75) is 118 Å². The fourth-order valence-corrected chi connectivity index (χ4v) is 9.59. The van der Waals surface area contributed by atoms with Crippen LogP contribution in [-0.2, 0) is 33.9 Å². The van der Waals surface area contributed by atoms with Crippen LogP contribution in [0.1, 0.15) is 101 Å². The molecule has 3 amide bonds. The van der Waals surface area contributed by atoms with Crippen LogP contribution in [0, 0.1) is 23.2 Å². The molecule has 3 heterocycles. The van der Waals surface area contributed by atoms with Crippen LogP contribution in [0.5, 0.6) is 0 Å². The van der Waals surface area contributed by atoms with Crippen LogP contribution in [0.4, 0.5) is 4.79 Å². The van der Waals surface area contributed by atoms with Crippen LogP contribution in [0.2, 0.25) is 0 Å². The second-order valence-electron chi connectivity index (χ2n) is 18.9. The summed E-state index contributed by atoms with van der Waals surface area (Å²) in [6.45, 7) is 20.6. The largest absolute Gasteiger partial charge is 0.445 e. The zero-order valence-electron chi connectivity index (χ0n) is 36.0. The Morgan fingerprint density at radius 2 is 1.72 bits per heavy atom. The summed E-state index contributed by atoms with van der Waals surface area (Å²) in [5, 5.41) is 8.65. The van der Waals surface area contributed by atoms with Crippen LogP contribution in [0.15, 0.2) is 80.2 Å². The molecule has 316 valence electrons. The van der Waals surface area contributed by atoms with Gasteiger partial charge in [-0.1, -0.05) is 70.2 Å². The number of hydrogen-bond acceptors (Lipinski definition) is 8. The molecule has 3 aliphatic rings. The summed E-state index contributed by atoms with van der Waals surface area (Å²) in [7, 11) is 0. The van der Waals surface area contributed by atoms with E-state index in [9.17, 15) is 19.2 Å². The molecule has 0 bridgehead atoms. The van der Waals surface area contributed by atoms with Crippen molar-refractivity contribution in [3.63, 3.8) is 0 Å². The van der Waals surface area contributed by atoms with Gasteiger partial charge in [-0.25, -0.2) is 14.8 Å². The molecule has 2 aliphatic carbocycles.